The Hall–Kier alpha value is -1.51. The summed E-state index contributed by atoms with van der Waals surface area (Å²) in [5.41, 5.74) is 1.07. The minimum atomic E-state index is -0.761. The van der Waals surface area contributed by atoms with Gasteiger partial charge in [-0.25, -0.2) is 0 Å². The highest BCUT2D eigenvalue weighted by molar-refractivity contribution is 5.67. The van der Waals surface area contributed by atoms with Crippen LogP contribution >= 0.6 is 0 Å². The molecule has 0 fully saturated rings. The smallest absolute Gasteiger partial charge is 0.303 e. The molecule has 2 atom stereocenters. The van der Waals surface area contributed by atoms with Crippen molar-refractivity contribution in [2.24, 2.45) is 5.92 Å². The van der Waals surface area contributed by atoms with Gasteiger partial charge in [-0.05, 0) is 18.1 Å². The summed E-state index contributed by atoms with van der Waals surface area (Å²) >= 11 is 0. The zero-order valence-electron chi connectivity index (χ0n) is 7.72. The Balaban J connectivity index is 2.01. The van der Waals surface area contributed by atoms with E-state index in [0.717, 1.165) is 5.57 Å². The second-order valence-electron chi connectivity index (χ2n) is 3.48. The lowest BCUT2D eigenvalue weighted by atomic mass is 9.89. The van der Waals surface area contributed by atoms with Gasteiger partial charge in [0.05, 0.1) is 6.26 Å². The summed E-state index contributed by atoms with van der Waals surface area (Å²) in [4.78, 5) is 10.4. The van der Waals surface area contributed by atoms with Crippen LogP contribution in [0.2, 0.25) is 0 Å². The molecule has 0 aromatic heterocycles. The van der Waals surface area contributed by atoms with Crippen molar-refractivity contribution >= 4 is 5.97 Å². The van der Waals surface area contributed by atoms with Crippen LogP contribution in [0.1, 0.15) is 12.8 Å². The molecule has 0 spiro atoms. The van der Waals surface area contributed by atoms with E-state index >= 15 is 0 Å². The Bertz CT molecular complexity index is 325. The lowest BCUT2D eigenvalue weighted by Crippen LogP contribution is -2.20. The van der Waals surface area contributed by atoms with Crippen LogP contribution in [-0.4, -0.2) is 17.2 Å². The number of allylic oxidation sites excluding steroid dienone is 2. The molecule has 0 radical (unpaired) electrons. The largest absolute Gasteiger partial charge is 0.493 e. The van der Waals surface area contributed by atoms with E-state index in [-0.39, 0.29) is 12.5 Å². The average Bonchev–Trinajstić information content (AvgIpc) is 2.62. The van der Waals surface area contributed by atoms with E-state index in [0.29, 0.717) is 12.3 Å². The van der Waals surface area contributed by atoms with Crippen molar-refractivity contribution in [2.75, 3.05) is 0 Å². The van der Waals surface area contributed by atoms with E-state index in [4.69, 9.17) is 9.84 Å². The number of hydrogen-bond acceptors (Lipinski definition) is 2. The van der Waals surface area contributed by atoms with Gasteiger partial charge >= 0.3 is 5.97 Å². The molecule has 1 heterocycles. The second-order valence-corrected chi connectivity index (χ2v) is 3.48. The van der Waals surface area contributed by atoms with Gasteiger partial charge in [-0.15, -0.1) is 0 Å². The number of carboxylic acid groups (broad SMARTS) is 1. The Morgan fingerprint density at radius 1 is 1.50 bits per heavy atom. The Morgan fingerprint density at radius 3 is 3.14 bits per heavy atom. The molecule has 0 saturated heterocycles. The molecule has 3 nitrogen and oxygen atoms in total. The number of ether oxygens (including phenoxy) is 1. The predicted octanol–water partition coefficient (Wildman–Crippen LogP) is 1.88. The van der Waals surface area contributed by atoms with Crippen molar-refractivity contribution < 1.29 is 14.6 Å². The highest BCUT2D eigenvalue weighted by atomic mass is 16.5. The molecular weight excluding hydrogens is 180 g/mol. The van der Waals surface area contributed by atoms with Gasteiger partial charge in [0, 0.05) is 12.3 Å². The number of fused-ring (bicyclic) bond motifs is 1. The zero-order chi connectivity index (χ0) is 9.97. The summed E-state index contributed by atoms with van der Waals surface area (Å²) in [6.45, 7) is 0. The van der Waals surface area contributed by atoms with Gasteiger partial charge in [-0.2, -0.15) is 0 Å². The highest BCUT2D eigenvalue weighted by Gasteiger charge is 2.27. The highest BCUT2D eigenvalue weighted by Crippen LogP contribution is 2.30. The summed E-state index contributed by atoms with van der Waals surface area (Å²) < 4.78 is 5.41. The third-order valence-electron chi connectivity index (χ3n) is 2.51. The van der Waals surface area contributed by atoms with Crippen LogP contribution in [-0.2, 0) is 9.53 Å². The van der Waals surface area contributed by atoms with E-state index in [9.17, 15) is 4.79 Å². The quantitative estimate of drug-likeness (QED) is 0.742. The molecule has 0 aromatic rings. The molecule has 0 aromatic carbocycles. The van der Waals surface area contributed by atoms with Gasteiger partial charge in [-0.3, -0.25) is 4.79 Å². The topological polar surface area (TPSA) is 46.5 Å². The van der Waals surface area contributed by atoms with Crippen LogP contribution < -0.4 is 0 Å². The lowest BCUT2D eigenvalue weighted by Gasteiger charge is -2.21. The van der Waals surface area contributed by atoms with E-state index < -0.39 is 5.97 Å². The standard InChI is InChI=1S/C11H12O3/c12-10(13)5-4-8-2-1-3-9-6-7-14-11(8)9/h1-3,6-7,9,11H,4-5H2,(H,12,13). The minimum Gasteiger partial charge on any atom is -0.493 e. The van der Waals surface area contributed by atoms with Gasteiger partial charge in [0.1, 0.15) is 6.10 Å². The molecule has 0 bridgehead atoms. The monoisotopic (exact) mass is 192 g/mol. The molecule has 0 amide bonds. The third kappa shape index (κ3) is 1.71. The van der Waals surface area contributed by atoms with Gasteiger partial charge in [0.15, 0.2) is 0 Å². The van der Waals surface area contributed by atoms with Gasteiger partial charge in [-0.1, -0.05) is 18.2 Å². The maximum absolute atomic E-state index is 10.4. The van der Waals surface area contributed by atoms with E-state index in [1.54, 1.807) is 6.26 Å². The SMILES string of the molecule is O=C(O)CCC1=CC=CC2C=COC12. The first-order valence-electron chi connectivity index (χ1n) is 4.68. The number of carbonyl (C=O) groups is 1. The normalized spacial score (nSPS) is 28.1. The Kier molecular flexibility index (Phi) is 2.39. The fraction of sp³-hybridized carbons (Fsp3) is 0.364. The second kappa shape index (κ2) is 3.70. The Morgan fingerprint density at radius 2 is 2.36 bits per heavy atom. The maximum atomic E-state index is 10.4. The van der Waals surface area contributed by atoms with Gasteiger partial charge < -0.3 is 9.84 Å². The zero-order valence-corrected chi connectivity index (χ0v) is 7.72. The van der Waals surface area contributed by atoms with Gasteiger partial charge in [0.25, 0.3) is 0 Å². The number of carboxylic acids is 1. The molecule has 0 saturated carbocycles. The van der Waals surface area contributed by atoms with E-state index in [1.165, 1.54) is 0 Å². The molecule has 2 aliphatic rings. The van der Waals surface area contributed by atoms with Crippen LogP contribution in [0.25, 0.3) is 0 Å². The molecular formula is C11H12O3. The van der Waals surface area contributed by atoms with Crippen LogP contribution in [0.4, 0.5) is 0 Å². The van der Waals surface area contributed by atoms with E-state index in [1.807, 2.05) is 18.2 Å². The van der Waals surface area contributed by atoms with Crippen LogP contribution in [0.5, 0.6) is 0 Å². The van der Waals surface area contributed by atoms with Crippen molar-refractivity contribution in [3.8, 4) is 0 Å². The minimum absolute atomic E-state index is 0.0411. The summed E-state index contributed by atoms with van der Waals surface area (Å²) in [6, 6.07) is 0. The molecule has 2 rings (SSSR count). The molecule has 14 heavy (non-hydrogen) atoms. The fourth-order valence-electron chi connectivity index (χ4n) is 1.79. The maximum Gasteiger partial charge on any atom is 0.303 e. The van der Waals surface area contributed by atoms with Crippen molar-refractivity contribution in [1.29, 1.82) is 0 Å². The average molecular weight is 192 g/mol. The van der Waals surface area contributed by atoms with Gasteiger partial charge in [0.2, 0.25) is 0 Å². The van der Waals surface area contributed by atoms with Crippen LogP contribution in [0.3, 0.4) is 0 Å². The Labute approximate surface area is 82.4 Å². The van der Waals surface area contributed by atoms with E-state index in [2.05, 4.69) is 6.08 Å². The first-order chi connectivity index (χ1) is 6.77. The molecule has 2 unspecified atom stereocenters. The summed E-state index contributed by atoms with van der Waals surface area (Å²) in [5, 5.41) is 8.58. The number of aliphatic carboxylic acids is 1. The lowest BCUT2D eigenvalue weighted by molar-refractivity contribution is -0.137. The summed E-state index contributed by atoms with van der Waals surface area (Å²) in [5.74, 6) is -0.466. The summed E-state index contributed by atoms with van der Waals surface area (Å²) in [7, 11) is 0. The fourth-order valence-corrected chi connectivity index (χ4v) is 1.79. The first-order valence-corrected chi connectivity index (χ1v) is 4.68. The number of rotatable bonds is 3. The summed E-state index contributed by atoms with van der Waals surface area (Å²) in [6.07, 6.45) is 10.5. The molecule has 1 aliphatic carbocycles. The van der Waals surface area contributed by atoms with Crippen LogP contribution in [0.15, 0.2) is 36.1 Å². The van der Waals surface area contributed by atoms with Crippen LogP contribution in [0, 0.1) is 5.92 Å². The molecule has 3 heteroatoms. The van der Waals surface area contributed by atoms with Crippen molar-refractivity contribution in [2.45, 2.75) is 18.9 Å². The van der Waals surface area contributed by atoms with Crippen molar-refractivity contribution in [1.82, 2.24) is 0 Å². The number of hydrogen-bond donors (Lipinski definition) is 1. The first kappa shape index (κ1) is 9.06. The van der Waals surface area contributed by atoms with Crippen molar-refractivity contribution in [3.63, 3.8) is 0 Å². The molecule has 74 valence electrons. The van der Waals surface area contributed by atoms with Crippen molar-refractivity contribution in [3.05, 3.63) is 36.1 Å². The molecule has 1 aliphatic heterocycles. The predicted molar refractivity (Wildman–Crippen MR) is 51.6 cm³/mol. The molecule has 1 N–H and O–H groups in total. The third-order valence-corrected chi connectivity index (χ3v) is 2.51.